The van der Waals surface area contributed by atoms with Crippen molar-refractivity contribution in [1.82, 2.24) is 15.1 Å². The summed E-state index contributed by atoms with van der Waals surface area (Å²) >= 11 is 6.71. The van der Waals surface area contributed by atoms with Gasteiger partial charge in [-0.1, -0.05) is 15.9 Å². The van der Waals surface area contributed by atoms with E-state index in [1.54, 1.807) is 37.4 Å². The molecule has 0 unspecified atom stereocenters. The van der Waals surface area contributed by atoms with Gasteiger partial charge in [-0.15, -0.1) is 0 Å². The Balaban J connectivity index is 1.49. The number of benzene rings is 2. The monoisotopic (exact) mass is 573 g/mol. The van der Waals surface area contributed by atoms with Crippen LogP contribution in [0, 0.1) is 0 Å². The summed E-state index contributed by atoms with van der Waals surface area (Å²) in [5.41, 5.74) is 0.599. The summed E-state index contributed by atoms with van der Waals surface area (Å²) in [7, 11) is 1.58. The topological polar surface area (TPSA) is 103 Å². The van der Waals surface area contributed by atoms with Gasteiger partial charge in [0.15, 0.2) is 5.58 Å². The van der Waals surface area contributed by atoms with Crippen LogP contribution in [0.3, 0.4) is 0 Å². The van der Waals surface area contributed by atoms with E-state index in [1.165, 1.54) is 16.8 Å². The van der Waals surface area contributed by atoms with Gasteiger partial charge in [-0.05, 0) is 64.5 Å². The Labute approximate surface area is 204 Å². The Bertz CT molecular complexity index is 1460. The molecular formula is C23H17Br2N3O5. The first kappa shape index (κ1) is 22.9. The molecule has 1 amide bonds. The summed E-state index contributed by atoms with van der Waals surface area (Å²) in [6.07, 6.45) is 0. The quantitative estimate of drug-likeness (QED) is 0.349. The second kappa shape index (κ2) is 9.72. The van der Waals surface area contributed by atoms with Gasteiger partial charge in [-0.2, -0.15) is 5.10 Å². The molecule has 168 valence electrons. The third-order valence-corrected chi connectivity index (χ3v) is 5.90. The zero-order valence-corrected chi connectivity index (χ0v) is 20.5. The Morgan fingerprint density at radius 2 is 1.85 bits per heavy atom. The standard InChI is InChI=1S/C23H17Br2N3O5/c1-32-16-4-2-13(3-5-16)19-6-7-20(29)28(27-19)9-8-26-22(30)17-11-14-10-15(24)12-18(25)21(14)33-23(17)31/h2-7,10-12H,8-9H2,1H3,(H,26,30). The summed E-state index contributed by atoms with van der Waals surface area (Å²) < 4.78 is 13.1. The number of aromatic nitrogens is 2. The summed E-state index contributed by atoms with van der Waals surface area (Å²) in [6.45, 7) is 0.224. The second-order valence-electron chi connectivity index (χ2n) is 7.02. The lowest BCUT2D eigenvalue weighted by atomic mass is 10.1. The Hall–Kier alpha value is -3.24. The molecule has 0 aliphatic rings. The molecular weight excluding hydrogens is 558 g/mol. The molecule has 0 aliphatic heterocycles. The van der Waals surface area contributed by atoms with Crippen LogP contribution in [0.2, 0.25) is 0 Å². The molecule has 0 spiro atoms. The lowest BCUT2D eigenvalue weighted by molar-refractivity contribution is 0.0948. The maximum absolute atomic E-state index is 12.6. The van der Waals surface area contributed by atoms with Crippen molar-refractivity contribution in [2.24, 2.45) is 0 Å². The van der Waals surface area contributed by atoms with Gasteiger partial charge in [0, 0.05) is 28.0 Å². The molecule has 4 rings (SSSR count). The zero-order valence-electron chi connectivity index (χ0n) is 17.3. The molecule has 1 N–H and O–H groups in total. The molecule has 0 saturated heterocycles. The SMILES string of the molecule is COc1ccc(-c2ccc(=O)n(CCNC(=O)c3cc4cc(Br)cc(Br)c4oc3=O)n2)cc1. The van der Waals surface area contributed by atoms with Crippen LogP contribution in [-0.2, 0) is 6.54 Å². The maximum atomic E-state index is 12.6. The highest BCUT2D eigenvalue weighted by atomic mass is 79.9. The molecule has 0 fully saturated rings. The van der Waals surface area contributed by atoms with Crippen molar-refractivity contribution >= 4 is 48.7 Å². The normalized spacial score (nSPS) is 10.9. The van der Waals surface area contributed by atoms with Crippen LogP contribution in [0.1, 0.15) is 10.4 Å². The van der Waals surface area contributed by atoms with Gasteiger partial charge in [0.05, 0.1) is 23.8 Å². The molecule has 4 aromatic rings. The summed E-state index contributed by atoms with van der Waals surface area (Å²) in [5.74, 6) is 0.119. The van der Waals surface area contributed by atoms with Crippen LogP contribution in [0.25, 0.3) is 22.2 Å². The molecule has 2 aromatic carbocycles. The number of hydrogen-bond donors (Lipinski definition) is 1. The fourth-order valence-corrected chi connectivity index (χ4v) is 4.55. The molecule has 0 radical (unpaired) electrons. The zero-order chi connectivity index (χ0) is 23.5. The number of amides is 1. The molecule has 0 aliphatic carbocycles. The van der Waals surface area contributed by atoms with Gasteiger partial charge in [-0.25, -0.2) is 9.48 Å². The molecule has 8 nitrogen and oxygen atoms in total. The molecule has 0 saturated carbocycles. The smallest absolute Gasteiger partial charge is 0.349 e. The maximum Gasteiger partial charge on any atom is 0.349 e. The van der Waals surface area contributed by atoms with Crippen molar-refractivity contribution in [3.8, 4) is 17.0 Å². The van der Waals surface area contributed by atoms with E-state index in [0.717, 1.165) is 10.0 Å². The number of halogens is 2. The number of carbonyl (C=O) groups is 1. The minimum Gasteiger partial charge on any atom is -0.497 e. The van der Waals surface area contributed by atoms with Crippen molar-refractivity contribution in [2.45, 2.75) is 6.54 Å². The minimum absolute atomic E-state index is 0.0947. The van der Waals surface area contributed by atoms with E-state index in [1.807, 2.05) is 12.1 Å². The first-order chi connectivity index (χ1) is 15.9. The summed E-state index contributed by atoms with van der Waals surface area (Å²) in [6, 6.07) is 15.3. The molecule has 33 heavy (non-hydrogen) atoms. The number of nitrogens with zero attached hydrogens (tertiary/aromatic N) is 2. The number of methoxy groups -OCH3 is 1. The van der Waals surface area contributed by atoms with Gasteiger partial charge in [0.2, 0.25) is 0 Å². The van der Waals surface area contributed by atoms with Gasteiger partial charge in [-0.3, -0.25) is 9.59 Å². The van der Waals surface area contributed by atoms with Crippen LogP contribution in [0.5, 0.6) is 5.75 Å². The first-order valence-electron chi connectivity index (χ1n) is 9.79. The van der Waals surface area contributed by atoms with E-state index in [9.17, 15) is 14.4 Å². The molecule has 0 bridgehead atoms. The predicted octanol–water partition coefficient (Wildman–Crippen LogP) is 3.98. The average molecular weight is 575 g/mol. The molecule has 10 heteroatoms. The average Bonchev–Trinajstić information content (AvgIpc) is 2.80. The third-order valence-electron chi connectivity index (χ3n) is 4.86. The Kier molecular flexibility index (Phi) is 6.75. The number of fused-ring (bicyclic) bond motifs is 1. The fourth-order valence-electron chi connectivity index (χ4n) is 3.21. The van der Waals surface area contributed by atoms with Crippen LogP contribution < -0.4 is 21.2 Å². The minimum atomic E-state index is -0.750. The van der Waals surface area contributed by atoms with Crippen molar-refractivity contribution in [3.05, 3.63) is 89.9 Å². The molecule has 0 atom stereocenters. The van der Waals surface area contributed by atoms with E-state index in [2.05, 4.69) is 42.3 Å². The van der Waals surface area contributed by atoms with E-state index in [-0.39, 0.29) is 24.2 Å². The second-order valence-corrected chi connectivity index (χ2v) is 8.79. The van der Waals surface area contributed by atoms with Gasteiger partial charge in [0.25, 0.3) is 11.5 Å². The number of ether oxygens (including phenoxy) is 1. The number of nitrogens with one attached hydrogen (secondary N) is 1. The van der Waals surface area contributed by atoms with E-state index >= 15 is 0 Å². The third kappa shape index (κ3) is 5.07. The van der Waals surface area contributed by atoms with Gasteiger partial charge >= 0.3 is 5.63 Å². The van der Waals surface area contributed by atoms with Crippen LogP contribution >= 0.6 is 31.9 Å². The van der Waals surface area contributed by atoms with Crippen molar-refractivity contribution in [2.75, 3.05) is 13.7 Å². The van der Waals surface area contributed by atoms with Crippen molar-refractivity contribution in [3.63, 3.8) is 0 Å². The predicted molar refractivity (Wildman–Crippen MR) is 131 cm³/mol. The number of hydrogen-bond acceptors (Lipinski definition) is 6. The van der Waals surface area contributed by atoms with E-state index < -0.39 is 11.5 Å². The lowest BCUT2D eigenvalue weighted by Gasteiger charge is -2.09. The summed E-state index contributed by atoms with van der Waals surface area (Å²) in [5, 5.41) is 7.60. The Morgan fingerprint density at radius 3 is 2.58 bits per heavy atom. The van der Waals surface area contributed by atoms with E-state index in [0.29, 0.717) is 26.9 Å². The first-order valence-corrected chi connectivity index (χ1v) is 11.4. The van der Waals surface area contributed by atoms with Crippen LogP contribution in [0.15, 0.2) is 77.5 Å². The van der Waals surface area contributed by atoms with Crippen LogP contribution in [0.4, 0.5) is 0 Å². The van der Waals surface area contributed by atoms with Crippen molar-refractivity contribution in [1.29, 1.82) is 0 Å². The highest BCUT2D eigenvalue weighted by molar-refractivity contribution is 9.11. The molecule has 2 aromatic heterocycles. The summed E-state index contributed by atoms with van der Waals surface area (Å²) in [4.78, 5) is 37.1. The van der Waals surface area contributed by atoms with Crippen molar-refractivity contribution < 1.29 is 13.9 Å². The van der Waals surface area contributed by atoms with Gasteiger partial charge < -0.3 is 14.5 Å². The fraction of sp³-hybridized carbons (Fsp3) is 0.130. The van der Waals surface area contributed by atoms with E-state index in [4.69, 9.17) is 9.15 Å². The highest BCUT2D eigenvalue weighted by Crippen LogP contribution is 2.28. The lowest BCUT2D eigenvalue weighted by Crippen LogP contribution is -2.33. The Morgan fingerprint density at radius 1 is 1.09 bits per heavy atom. The van der Waals surface area contributed by atoms with Crippen LogP contribution in [-0.4, -0.2) is 29.3 Å². The molecule has 2 heterocycles. The highest BCUT2D eigenvalue weighted by Gasteiger charge is 2.15. The van der Waals surface area contributed by atoms with Gasteiger partial charge in [0.1, 0.15) is 11.3 Å². The number of carbonyl (C=O) groups excluding carboxylic acids is 1. The number of rotatable bonds is 6. The largest absolute Gasteiger partial charge is 0.497 e.